The van der Waals surface area contributed by atoms with E-state index < -0.39 is 23.6 Å². The van der Waals surface area contributed by atoms with Crippen LogP contribution in [0, 0.1) is 12.8 Å². The lowest BCUT2D eigenvalue weighted by Crippen LogP contribution is -2.20. The average Bonchev–Trinajstić information content (AvgIpc) is 3.15. The van der Waals surface area contributed by atoms with Crippen LogP contribution in [-0.4, -0.2) is 21.2 Å². The number of aromatic nitrogens is 2. The first kappa shape index (κ1) is 20.4. The fraction of sp³-hybridized carbons (Fsp3) is 0.350. The number of hydrogen-bond donors (Lipinski definition) is 2. The lowest BCUT2D eigenvalue weighted by Gasteiger charge is -2.18. The van der Waals surface area contributed by atoms with Crippen LogP contribution < -0.4 is 11.1 Å². The Morgan fingerprint density at radius 1 is 1.33 bits per heavy atom. The van der Waals surface area contributed by atoms with Gasteiger partial charge in [0.25, 0.3) is 11.8 Å². The number of imidazole rings is 1. The number of nitrogens with one attached hydrogen (secondary N) is 1. The molecule has 0 radical (unpaired) electrons. The van der Waals surface area contributed by atoms with Gasteiger partial charge >= 0.3 is 6.18 Å². The molecule has 0 saturated carbocycles. The number of alkyl halides is 3. The van der Waals surface area contributed by atoms with E-state index in [0.717, 1.165) is 39.9 Å². The molecule has 0 bridgehead atoms. The molecule has 1 aliphatic rings. The minimum absolute atomic E-state index is 0.0220. The van der Waals surface area contributed by atoms with Crippen LogP contribution in [0.5, 0.6) is 0 Å². The Kier molecular flexibility index (Phi) is 4.84. The highest BCUT2D eigenvalue weighted by molar-refractivity contribution is 7.17. The molecule has 0 saturated heterocycles. The summed E-state index contributed by atoms with van der Waals surface area (Å²) in [5.74, 6) is -0.817. The normalized spacial score (nSPS) is 16.5. The number of halogens is 3. The summed E-state index contributed by atoms with van der Waals surface area (Å²) in [4.78, 5) is 30.3. The van der Waals surface area contributed by atoms with Gasteiger partial charge in [0.1, 0.15) is 16.3 Å². The molecule has 0 fully saturated rings. The van der Waals surface area contributed by atoms with Gasteiger partial charge in [0.2, 0.25) is 0 Å². The first-order chi connectivity index (χ1) is 14.1. The Balaban J connectivity index is 1.76. The maximum absolute atomic E-state index is 13.1. The van der Waals surface area contributed by atoms with Crippen molar-refractivity contribution in [1.82, 2.24) is 9.38 Å². The van der Waals surface area contributed by atoms with E-state index in [0.29, 0.717) is 17.3 Å². The highest BCUT2D eigenvalue weighted by atomic mass is 32.1. The molecular weight excluding hydrogens is 417 g/mol. The summed E-state index contributed by atoms with van der Waals surface area (Å²) in [5, 5.41) is 3.02. The van der Waals surface area contributed by atoms with Crippen molar-refractivity contribution in [2.75, 3.05) is 5.32 Å². The molecule has 3 aromatic rings. The first-order valence-electron chi connectivity index (χ1n) is 9.38. The Bertz CT molecular complexity index is 1180. The average molecular weight is 436 g/mol. The van der Waals surface area contributed by atoms with Crippen molar-refractivity contribution >= 4 is 33.8 Å². The Hall–Kier alpha value is -2.88. The maximum Gasteiger partial charge on any atom is 0.417 e. The number of primary amides is 1. The number of pyridine rings is 1. The molecule has 3 heterocycles. The molecule has 4 rings (SSSR count). The number of nitrogens with zero attached hydrogens (tertiary/aromatic N) is 2. The summed E-state index contributed by atoms with van der Waals surface area (Å²) < 4.78 is 40.5. The van der Waals surface area contributed by atoms with Crippen LogP contribution in [-0.2, 0) is 19.0 Å². The molecule has 1 unspecified atom stereocenters. The number of carbonyl (C=O) groups excluding carboxylic acids is 2. The minimum atomic E-state index is -4.55. The van der Waals surface area contributed by atoms with E-state index in [2.05, 4.69) is 17.2 Å². The van der Waals surface area contributed by atoms with Crippen molar-refractivity contribution in [3.63, 3.8) is 0 Å². The van der Waals surface area contributed by atoms with Gasteiger partial charge in [0, 0.05) is 11.1 Å². The SMILES string of the molecule is Cc1nc2ccc(C(F)(F)F)cn2c1C(=O)Nc1sc2c(c1C(N)=O)CCC(C)C2. The second-order valence-corrected chi connectivity index (χ2v) is 8.67. The molecule has 6 nitrogen and oxygen atoms in total. The lowest BCUT2D eigenvalue weighted by molar-refractivity contribution is -0.137. The molecule has 0 aliphatic heterocycles. The van der Waals surface area contributed by atoms with Gasteiger partial charge in [-0.15, -0.1) is 11.3 Å². The summed E-state index contributed by atoms with van der Waals surface area (Å²) in [7, 11) is 0. The van der Waals surface area contributed by atoms with Gasteiger partial charge in [0.15, 0.2) is 0 Å². The van der Waals surface area contributed by atoms with Gasteiger partial charge in [-0.2, -0.15) is 13.2 Å². The number of amides is 2. The number of rotatable bonds is 3. The van der Waals surface area contributed by atoms with Crippen molar-refractivity contribution in [3.05, 3.63) is 51.3 Å². The van der Waals surface area contributed by atoms with Crippen LogP contribution in [0.3, 0.4) is 0 Å². The van der Waals surface area contributed by atoms with Gasteiger partial charge in [-0.05, 0) is 49.8 Å². The molecule has 1 atom stereocenters. The van der Waals surface area contributed by atoms with Gasteiger partial charge in [-0.3, -0.25) is 14.0 Å². The van der Waals surface area contributed by atoms with Crippen molar-refractivity contribution in [2.24, 2.45) is 11.7 Å². The molecule has 1 aliphatic carbocycles. The summed E-state index contributed by atoms with van der Waals surface area (Å²) in [5.41, 5.74) is 6.31. The van der Waals surface area contributed by atoms with Crippen LogP contribution in [0.25, 0.3) is 5.65 Å². The molecule has 3 N–H and O–H groups in total. The number of aryl methyl sites for hydroxylation is 1. The van der Waals surface area contributed by atoms with Crippen molar-refractivity contribution in [1.29, 1.82) is 0 Å². The third-order valence-electron chi connectivity index (χ3n) is 5.32. The third-order valence-corrected chi connectivity index (χ3v) is 6.49. The highest BCUT2D eigenvalue weighted by Gasteiger charge is 2.32. The molecule has 30 heavy (non-hydrogen) atoms. The predicted octanol–water partition coefficient (Wildman–Crippen LogP) is 4.20. The summed E-state index contributed by atoms with van der Waals surface area (Å²) in [6.07, 6.45) is -1.29. The summed E-state index contributed by atoms with van der Waals surface area (Å²) >= 11 is 1.30. The molecule has 0 aromatic carbocycles. The number of nitrogens with two attached hydrogens (primary N) is 1. The van der Waals surface area contributed by atoms with E-state index in [4.69, 9.17) is 5.73 Å². The Morgan fingerprint density at radius 3 is 2.73 bits per heavy atom. The minimum Gasteiger partial charge on any atom is -0.365 e. The van der Waals surface area contributed by atoms with Crippen LogP contribution >= 0.6 is 11.3 Å². The van der Waals surface area contributed by atoms with E-state index in [-0.39, 0.29) is 22.6 Å². The zero-order chi connectivity index (χ0) is 21.8. The number of fused-ring (bicyclic) bond motifs is 2. The van der Waals surface area contributed by atoms with Crippen molar-refractivity contribution in [2.45, 2.75) is 39.3 Å². The number of hydrogen-bond acceptors (Lipinski definition) is 4. The van der Waals surface area contributed by atoms with Gasteiger partial charge in [-0.25, -0.2) is 4.98 Å². The number of carbonyl (C=O) groups is 2. The maximum atomic E-state index is 13.1. The summed E-state index contributed by atoms with van der Waals surface area (Å²) in [6.45, 7) is 3.66. The molecule has 10 heteroatoms. The quantitative estimate of drug-likeness (QED) is 0.645. The molecule has 2 amide bonds. The first-order valence-corrected chi connectivity index (χ1v) is 10.2. The zero-order valence-electron chi connectivity index (χ0n) is 16.3. The number of anilines is 1. The van der Waals surface area contributed by atoms with Crippen LogP contribution in [0.2, 0.25) is 0 Å². The fourth-order valence-corrected chi connectivity index (χ4v) is 5.28. The smallest absolute Gasteiger partial charge is 0.365 e. The van der Waals surface area contributed by atoms with Gasteiger partial charge in [-0.1, -0.05) is 6.92 Å². The van der Waals surface area contributed by atoms with E-state index in [1.165, 1.54) is 17.4 Å². The Morgan fingerprint density at radius 2 is 2.07 bits per heavy atom. The van der Waals surface area contributed by atoms with Crippen LogP contribution in [0.4, 0.5) is 18.2 Å². The summed E-state index contributed by atoms with van der Waals surface area (Å²) in [6, 6.07) is 2.13. The van der Waals surface area contributed by atoms with Crippen molar-refractivity contribution in [3.8, 4) is 0 Å². The third kappa shape index (κ3) is 3.45. The lowest BCUT2D eigenvalue weighted by atomic mass is 9.88. The van der Waals surface area contributed by atoms with E-state index in [1.54, 1.807) is 6.92 Å². The second-order valence-electron chi connectivity index (χ2n) is 7.56. The number of thiophene rings is 1. The van der Waals surface area contributed by atoms with E-state index in [9.17, 15) is 22.8 Å². The van der Waals surface area contributed by atoms with E-state index >= 15 is 0 Å². The molecule has 3 aromatic heterocycles. The molecule has 0 spiro atoms. The van der Waals surface area contributed by atoms with Gasteiger partial charge in [0.05, 0.1) is 16.8 Å². The van der Waals surface area contributed by atoms with Crippen LogP contribution in [0.15, 0.2) is 18.3 Å². The molecule has 158 valence electrons. The fourth-order valence-electron chi connectivity index (χ4n) is 3.87. The van der Waals surface area contributed by atoms with E-state index in [1.807, 2.05) is 0 Å². The zero-order valence-corrected chi connectivity index (χ0v) is 17.1. The van der Waals surface area contributed by atoms with Crippen molar-refractivity contribution < 1.29 is 22.8 Å². The highest BCUT2D eigenvalue weighted by Crippen LogP contribution is 2.39. The van der Waals surface area contributed by atoms with Crippen LogP contribution in [0.1, 0.15) is 55.9 Å². The largest absolute Gasteiger partial charge is 0.417 e. The predicted molar refractivity (Wildman–Crippen MR) is 107 cm³/mol. The van der Waals surface area contributed by atoms with Gasteiger partial charge < -0.3 is 11.1 Å². The second kappa shape index (κ2) is 7.12. The Labute approximate surface area is 173 Å². The standard InChI is InChI=1S/C20H19F3N4O2S/c1-9-3-5-12-13(7-9)30-19(15(12)17(24)28)26-18(29)16-10(2)25-14-6-4-11(8-27(14)16)20(21,22)23/h4,6,8-9H,3,5,7H2,1-2H3,(H2,24,28)(H,26,29). The topological polar surface area (TPSA) is 89.5 Å². The molecular formula is C20H19F3N4O2S. The monoisotopic (exact) mass is 436 g/mol.